The zero-order valence-electron chi connectivity index (χ0n) is 12.1. The summed E-state index contributed by atoms with van der Waals surface area (Å²) in [4.78, 5) is 18.0. The van der Waals surface area contributed by atoms with Crippen LogP contribution in [0.5, 0.6) is 0 Å². The Labute approximate surface area is 129 Å². The maximum Gasteiger partial charge on any atom is 0.309 e. The molecular weight excluding hydrogens is 280 g/mol. The van der Waals surface area contributed by atoms with Gasteiger partial charge >= 0.3 is 12.1 Å². The average Bonchev–Trinajstić information content (AvgIpc) is 2.46. The molecule has 8 N–H and O–H groups in total. The van der Waals surface area contributed by atoms with Crippen LogP contribution < -0.4 is 22.9 Å². The lowest BCUT2D eigenvalue weighted by Crippen LogP contribution is -2.18. The summed E-state index contributed by atoms with van der Waals surface area (Å²) in [7, 11) is 0. The molecule has 0 aliphatic rings. The van der Waals surface area contributed by atoms with Gasteiger partial charge in [-0.3, -0.25) is 0 Å². The fourth-order valence-corrected chi connectivity index (χ4v) is 1.32. The quantitative estimate of drug-likeness (QED) is 0.629. The Bertz CT molecular complexity index is 522. The standard InChI is InChI=1S/C14H12.2CH4N2O/c1-3-7-13(8-4-1)11-12-14-9-5-2-6-10-14;2*2-1(3)4/h1-12H;2*(H4,2,3,4). The Morgan fingerprint density at radius 2 is 0.818 bits per heavy atom. The van der Waals surface area contributed by atoms with Crippen molar-refractivity contribution in [2.24, 2.45) is 22.9 Å². The lowest BCUT2D eigenvalue weighted by atomic mass is 10.1. The topological polar surface area (TPSA) is 138 Å². The molecule has 0 atom stereocenters. The summed E-state index contributed by atoms with van der Waals surface area (Å²) in [6.07, 6.45) is 4.24. The molecule has 0 spiro atoms. The van der Waals surface area contributed by atoms with Crippen LogP contribution in [0, 0.1) is 0 Å². The van der Waals surface area contributed by atoms with Crippen LogP contribution in [0.15, 0.2) is 60.7 Å². The van der Waals surface area contributed by atoms with Crippen molar-refractivity contribution in [1.29, 1.82) is 0 Å². The molecule has 4 amide bonds. The van der Waals surface area contributed by atoms with Crippen molar-refractivity contribution in [3.05, 3.63) is 71.8 Å². The second-order valence-electron chi connectivity index (χ2n) is 3.96. The maximum absolute atomic E-state index is 9.00. The van der Waals surface area contributed by atoms with Gasteiger partial charge in [-0.1, -0.05) is 72.8 Å². The molecule has 0 bridgehead atoms. The highest BCUT2D eigenvalue weighted by Crippen LogP contribution is 2.06. The SMILES string of the molecule is C(=Cc1ccccc1)c1ccccc1.NC(N)=O.NC(N)=O. The Kier molecular flexibility index (Phi) is 9.82. The first-order valence-corrected chi connectivity index (χ1v) is 6.29. The van der Waals surface area contributed by atoms with Gasteiger partial charge in [0.2, 0.25) is 0 Å². The van der Waals surface area contributed by atoms with Crippen molar-refractivity contribution in [3.63, 3.8) is 0 Å². The van der Waals surface area contributed by atoms with E-state index >= 15 is 0 Å². The van der Waals surface area contributed by atoms with Gasteiger partial charge in [0.1, 0.15) is 0 Å². The van der Waals surface area contributed by atoms with Gasteiger partial charge in [0.15, 0.2) is 0 Å². The third-order valence-electron chi connectivity index (χ3n) is 2.07. The van der Waals surface area contributed by atoms with E-state index in [4.69, 9.17) is 9.59 Å². The van der Waals surface area contributed by atoms with Gasteiger partial charge in [-0.25, -0.2) is 9.59 Å². The van der Waals surface area contributed by atoms with Crippen LogP contribution >= 0.6 is 0 Å². The molecule has 2 rings (SSSR count). The number of hydrogen-bond acceptors (Lipinski definition) is 2. The highest BCUT2D eigenvalue weighted by Gasteiger charge is 1.84. The summed E-state index contributed by atoms with van der Waals surface area (Å²) < 4.78 is 0. The first kappa shape index (κ1) is 18.7. The van der Waals surface area contributed by atoms with Crippen LogP contribution in [0.25, 0.3) is 12.2 Å². The maximum atomic E-state index is 9.00. The monoisotopic (exact) mass is 300 g/mol. The van der Waals surface area contributed by atoms with E-state index in [1.165, 1.54) is 11.1 Å². The van der Waals surface area contributed by atoms with Gasteiger partial charge < -0.3 is 22.9 Å². The normalized spacial score (nSPS) is 8.91. The van der Waals surface area contributed by atoms with E-state index < -0.39 is 12.1 Å². The minimum absolute atomic E-state index is 0.833. The van der Waals surface area contributed by atoms with Crippen molar-refractivity contribution < 1.29 is 9.59 Å². The van der Waals surface area contributed by atoms with Crippen LogP contribution in [0.3, 0.4) is 0 Å². The Hall–Kier alpha value is -3.28. The van der Waals surface area contributed by atoms with Crippen LogP contribution in [-0.4, -0.2) is 12.1 Å². The highest BCUT2D eigenvalue weighted by atomic mass is 16.2. The predicted octanol–water partition coefficient (Wildman–Crippen LogP) is 1.90. The zero-order chi connectivity index (χ0) is 16.8. The summed E-state index contributed by atoms with van der Waals surface area (Å²) >= 11 is 0. The molecule has 0 unspecified atom stereocenters. The van der Waals surface area contributed by atoms with Crippen LogP contribution in [0.4, 0.5) is 9.59 Å². The van der Waals surface area contributed by atoms with Gasteiger partial charge in [-0.05, 0) is 11.1 Å². The Morgan fingerprint density at radius 1 is 0.591 bits per heavy atom. The molecule has 0 aromatic heterocycles. The molecule has 22 heavy (non-hydrogen) atoms. The van der Waals surface area contributed by atoms with E-state index in [0.29, 0.717) is 0 Å². The van der Waals surface area contributed by atoms with Gasteiger partial charge in [-0.2, -0.15) is 0 Å². The van der Waals surface area contributed by atoms with E-state index in [1.54, 1.807) is 0 Å². The van der Waals surface area contributed by atoms with Gasteiger partial charge in [0, 0.05) is 0 Å². The first-order valence-electron chi connectivity index (χ1n) is 6.29. The third kappa shape index (κ3) is 13.2. The zero-order valence-corrected chi connectivity index (χ0v) is 12.1. The smallest absolute Gasteiger partial charge is 0.309 e. The molecule has 2 aromatic rings. The van der Waals surface area contributed by atoms with E-state index in [0.717, 1.165) is 0 Å². The molecule has 0 aliphatic heterocycles. The second kappa shape index (κ2) is 11.5. The fourth-order valence-electron chi connectivity index (χ4n) is 1.32. The average molecular weight is 300 g/mol. The summed E-state index contributed by atoms with van der Waals surface area (Å²) in [5, 5.41) is 0. The minimum Gasteiger partial charge on any atom is -0.352 e. The molecule has 6 nitrogen and oxygen atoms in total. The molecule has 0 saturated heterocycles. The molecule has 2 aromatic carbocycles. The second-order valence-corrected chi connectivity index (χ2v) is 3.96. The molecule has 0 aliphatic carbocycles. The minimum atomic E-state index is -0.833. The molecule has 0 radical (unpaired) electrons. The largest absolute Gasteiger partial charge is 0.352 e. The number of urea groups is 2. The Morgan fingerprint density at radius 3 is 1.05 bits per heavy atom. The first-order chi connectivity index (χ1) is 10.4. The van der Waals surface area contributed by atoms with E-state index in [-0.39, 0.29) is 0 Å². The van der Waals surface area contributed by atoms with Gasteiger partial charge in [0.05, 0.1) is 0 Å². The molecule has 0 heterocycles. The lowest BCUT2D eigenvalue weighted by molar-refractivity contribution is 0.255. The van der Waals surface area contributed by atoms with Crippen molar-refractivity contribution in [1.82, 2.24) is 0 Å². The number of primary amides is 4. The molecule has 0 fully saturated rings. The Balaban J connectivity index is 0.000000464. The summed E-state index contributed by atoms with van der Waals surface area (Å²) in [5.41, 5.74) is 19.5. The third-order valence-corrected chi connectivity index (χ3v) is 2.07. The number of rotatable bonds is 2. The van der Waals surface area contributed by atoms with E-state index in [2.05, 4.69) is 59.4 Å². The molecule has 116 valence electrons. The number of amides is 4. The summed E-state index contributed by atoms with van der Waals surface area (Å²) in [6.45, 7) is 0. The van der Waals surface area contributed by atoms with Crippen molar-refractivity contribution in [3.8, 4) is 0 Å². The van der Waals surface area contributed by atoms with Crippen molar-refractivity contribution in [2.45, 2.75) is 0 Å². The lowest BCUT2D eigenvalue weighted by Gasteiger charge is -1.92. The van der Waals surface area contributed by atoms with E-state index in [1.807, 2.05) is 36.4 Å². The molecule has 6 heteroatoms. The van der Waals surface area contributed by atoms with Crippen LogP contribution in [-0.2, 0) is 0 Å². The summed E-state index contributed by atoms with van der Waals surface area (Å²) in [6, 6.07) is 19.0. The highest BCUT2D eigenvalue weighted by molar-refractivity contribution is 5.69. The molecular formula is C16H20N4O2. The number of nitrogens with two attached hydrogens (primary N) is 4. The van der Waals surface area contributed by atoms with Crippen LogP contribution in [0.1, 0.15) is 11.1 Å². The fraction of sp³-hybridized carbons (Fsp3) is 0. The molecule has 0 saturated carbocycles. The number of carbonyl (C=O) groups is 2. The predicted molar refractivity (Wildman–Crippen MR) is 89.4 cm³/mol. The number of benzene rings is 2. The summed E-state index contributed by atoms with van der Waals surface area (Å²) in [5.74, 6) is 0. The van der Waals surface area contributed by atoms with Crippen molar-refractivity contribution in [2.75, 3.05) is 0 Å². The van der Waals surface area contributed by atoms with Gasteiger partial charge in [-0.15, -0.1) is 0 Å². The van der Waals surface area contributed by atoms with Crippen molar-refractivity contribution >= 4 is 24.2 Å². The van der Waals surface area contributed by atoms with E-state index in [9.17, 15) is 0 Å². The van der Waals surface area contributed by atoms with Gasteiger partial charge in [0.25, 0.3) is 0 Å². The van der Waals surface area contributed by atoms with Crippen LogP contribution in [0.2, 0.25) is 0 Å². The number of hydrogen-bond donors (Lipinski definition) is 4. The number of carbonyl (C=O) groups excluding carboxylic acids is 2.